The molecule has 8 heteroatoms. The van der Waals surface area contributed by atoms with Crippen LogP contribution >= 0.6 is 90.4 Å². The second kappa shape index (κ2) is 25.3. The highest BCUT2D eigenvalue weighted by atomic mass is 127. The van der Waals surface area contributed by atoms with Crippen molar-refractivity contribution < 1.29 is 18.9 Å². The first kappa shape index (κ1) is 39.7. The number of hydrogen-bond acceptors (Lipinski definition) is 4. The molecule has 0 radical (unpaired) electrons. The number of hydrogen-bond donors (Lipinski definition) is 0. The van der Waals surface area contributed by atoms with Gasteiger partial charge in [0.15, 0.2) is 0 Å². The fourth-order valence-electron chi connectivity index (χ4n) is 4.36. The molecule has 0 aliphatic heterocycles. The molecule has 0 saturated carbocycles. The lowest BCUT2D eigenvalue weighted by Gasteiger charge is -2.11. The van der Waals surface area contributed by atoms with E-state index in [0.717, 1.165) is 115 Å². The van der Waals surface area contributed by atoms with Crippen molar-refractivity contribution in [1.29, 1.82) is 0 Å². The molecule has 0 heterocycles. The molecule has 0 fully saturated rings. The molecule has 0 N–H and O–H groups in total. The Hall–Kier alpha value is -0.740. The normalized spacial score (nSPS) is 11.4. The van der Waals surface area contributed by atoms with Crippen molar-refractivity contribution in [3.8, 4) is 23.0 Å². The lowest BCUT2D eigenvalue weighted by Crippen LogP contribution is -2.01. The van der Waals surface area contributed by atoms with E-state index < -0.39 is 0 Å². The topological polar surface area (TPSA) is 36.9 Å². The van der Waals surface area contributed by atoms with Crippen molar-refractivity contribution in [3.63, 3.8) is 0 Å². The molecule has 0 aromatic heterocycles. The molecule has 4 nitrogen and oxygen atoms in total. The largest absolute Gasteiger partial charge is 0.493 e. The van der Waals surface area contributed by atoms with Crippen LogP contribution < -0.4 is 18.9 Å². The second-order valence-electron chi connectivity index (χ2n) is 10.8. The van der Waals surface area contributed by atoms with Gasteiger partial charge in [-0.25, -0.2) is 0 Å². The van der Waals surface area contributed by atoms with Gasteiger partial charge < -0.3 is 18.9 Å². The van der Waals surface area contributed by atoms with Gasteiger partial charge >= 0.3 is 0 Å². The third-order valence-corrected chi connectivity index (χ3v) is 9.92. The zero-order valence-corrected chi connectivity index (χ0v) is 35.2. The number of alkyl halides is 4. The zero-order chi connectivity index (χ0) is 32.7. The van der Waals surface area contributed by atoms with E-state index in [9.17, 15) is 0 Å². The van der Waals surface area contributed by atoms with Gasteiger partial charge in [-0.1, -0.05) is 139 Å². The molecule has 3 rings (SSSR count). The Morgan fingerprint density at radius 3 is 0.870 bits per heavy atom. The molecule has 0 aliphatic rings. The van der Waals surface area contributed by atoms with Crippen LogP contribution in [0.15, 0.2) is 60.7 Å². The molecular weight excluding hydrogens is 1030 g/mol. The van der Waals surface area contributed by atoms with Crippen molar-refractivity contribution in [1.82, 2.24) is 0 Å². The summed E-state index contributed by atoms with van der Waals surface area (Å²) in [5.74, 6) is 3.46. The first-order valence-electron chi connectivity index (χ1n) is 16.1. The number of ether oxygens (including phenoxy) is 4. The summed E-state index contributed by atoms with van der Waals surface area (Å²) in [7, 11) is 0. The highest BCUT2D eigenvalue weighted by Gasteiger charge is 2.05. The van der Waals surface area contributed by atoms with E-state index in [4.69, 9.17) is 18.9 Å². The molecule has 0 amide bonds. The Morgan fingerprint density at radius 1 is 0.348 bits per heavy atom. The molecule has 46 heavy (non-hydrogen) atoms. The van der Waals surface area contributed by atoms with Crippen LogP contribution in [-0.2, 0) is 0 Å². The third-order valence-electron chi connectivity index (χ3n) is 6.86. The summed E-state index contributed by atoms with van der Waals surface area (Å²) < 4.78 is 28.9. The van der Waals surface area contributed by atoms with Crippen LogP contribution in [0, 0.1) is 0 Å². The van der Waals surface area contributed by atoms with Crippen molar-refractivity contribution in [2.75, 3.05) is 44.1 Å². The minimum atomic E-state index is 0.725. The standard InChI is InChI=1S/C38H46I4O4/c39-17-1-5-21-43-35-25-33(26-36(29-35)44-22-6-2-18-40)15-13-31-9-11-32(12-10-31)14-16-34-27-37(45-23-7-3-19-41)30-38(28-34)46-24-8-4-20-42/h9-16,25-30H,1-8,17-24H2. The van der Waals surface area contributed by atoms with Gasteiger partial charge in [-0.15, -0.1) is 0 Å². The Bertz CT molecular complexity index is 1150. The van der Waals surface area contributed by atoms with E-state index in [0.29, 0.717) is 0 Å². The average Bonchev–Trinajstić information content (AvgIpc) is 3.07. The van der Waals surface area contributed by atoms with Gasteiger partial charge in [0, 0.05) is 12.1 Å². The van der Waals surface area contributed by atoms with Crippen LogP contribution in [0.5, 0.6) is 23.0 Å². The Morgan fingerprint density at radius 2 is 0.609 bits per heavy atom. The van der Waals surface area contributed by atoms with Crippen LogP contribution in [0.3, 0.4) is 0 Å². The summed E-state index contributed by atoms with van der Waals surface area (Å²) in [6.45, 7) is 2.90. The van der Waals surface area contributed by atoms with Gasteiger partial charge in [0.05, 0.1) is 26.4 Å². The van der Waals surface area contributed by atoms with Gasteiger partial charge in [-0.3, -0.25) is 0 Å². The van der Waals surface area contributed by atoms with Crippen molar-refractivity contribution >= 4 is 115 Å². The van der Waals surface area contributed by atoms with E-state index in [1.54, 1.807) is 0 Å². The molecule has 0 saturated heterocycles. The van der Waals surface area contributed by atoms with Gasteiger partial charge in [-0.2, -0.15) is 0 Å². The number of benzene rings is 3. The second-order valence-corrected chi connectivity index (χ2v) is 15.1. The quantitative estimate of drug-likeness (QED) is 0.0388. The molecule has 0 atom stereocenters. The molecule has 3 aromatic rings. The maximum absolute atomic E-state index is 6.08. The minimum Gasteiger partial charge on any atom is -0.493 e. The zero-order valence-electron chi connectivity index (χ0n) is 26.5. The van der Waals surface area contributed by atoms with Crippen molar-refractivity contribution in [3.05, 3.63) is 82.9 Å². The monoisotopic (exact) mass is 1070 g/mol. The molecule has 250 valence electrons. The molecule has 0 spiro atoms. The van der Waals surface area contributed by atoms with Crippen molar-refractivity contribution in [2.24, 2.45) is 0 Å². The number of halogens is 4. The first-order chi connectivity index (χ1) is 22.6. The van der Waals surface area contributed by atoms with E-state index in [2.05, 4.69) is 163 Å². The highest BCUT2D eigenvalue weighted by molar-refractivity contribution is 14.1. The lowest BCUT2D eigenvalue weighted by molar-refractivity contribution is 0.294. The molecule has 0 bridgehead atoms. The predicted octanol–water partition coefficient (Wildman–Crippen LogP) is 12.4. The number of rotatable bonds is 24. The van der Waals surface area contributed by atoms with Crippen molar-refractivity contribution in [2.45, 2.75) is 51.4 Å². The van der Waals surface area contributed by atoms with E-state index >= 15 is 0 Å². The maximum atomic E-state index is 6.08. The molecular formula is C38H46I4O4. The van der Waals surface area contributed by atoms with Gasteiger partial charge in [0.2, 0.25) is 0 Å². The highest BCUT2D eigenvalue weighted by Crippen LogP contribution is 2.27. The van der Waals surface area contributed by atoms with E-state index in [1.807, 2.05) is 12.1 Å². The summed E-state index contributed by atoms with van der Waals surface area (Å²) in [4.78, 5) is 0. The SMILES string of the molecule is ICCCCOc1cc(C=Cc2ccc(C=Cc3cc(OCCCCI)cc(OCCCCI)c3)cc2)cc(OCCCCI)c1. The lowest BCUT2D eigenvalue weighted by atomic mass is 10.1. The van der Waals surface area contributed by atoms with E-state index in [1.165, 1.54) is 25.7 Å². The fraction of sp³-hybridized carbons (Fsp3) is 0.421. The van der Waals surface area contributed by atoms with Gasteiger partial charge in [0.25, 0.3) is 0 Å². The van der Waals surface area contributed by atoms with Crippen LogP contribution in [0.25, 0.3) is 24.3 Å². The summed E-state index contributed by atoms with van der Waals surface area (Å²) in [5, 5.41) is 0. The Labute approximate surface area is 331 Å². The molecule has 0 aliphatic carbocycles. The first-order valence-corrected chi connectivity index (χ1v) is 22.2. The summed E-state index contributed by atoms with van der Waals surface area (Å²) in [6.07, 6.45) is 17.4. The fourth-order valence-corrected chi connectivity index (χ4v) is 6.52. The predicted molar refractivity (Wildman–Crippen MR) is 232 cm³/mol. The Balaban J connectivity index is 1.68. The number of unbranched alkanes of at least 4 members (excludes halogenated alkanes) is 4. The average molecular weight is 1070 g/mol. The Kier molecular flexibility index (Phi) is 21.8. The smallest absolute Gasteiger partial charge is 0.123 e. The summed E-state index contributed by atoms with van der Waals surface area (Å²) >= 11 is 9.66. The van der Waals surface area contributed by atoms with Gasteiger partial charge in [0.1, 0.15) is 23.0 Å². The minimum absolute atomic E-state index is 0.725. The van der Waals surface area contributed by atoms with Crippen LogP contribution in [0.2, 0.25) is 0 Å². The van der Waals surface area contributed by atoms with E-state index in [-0.39, 0.29) is 0 Å². The van der Waals surface area contributed by atoms with Crippen LogP contribution in [0.1, 0.15) is 73.6 Å². The van der Waals surface area contributed by atoms with Gasteiger partial charge in [-0.05, 0) is 116 Å². The third kappa shape index (κ3) is 17.1. The maximum Gasteiger partial charge on any atom is 0.123 e. The summed E-state index contributed by atoms with van der Waals surface area (Å²) in [6, 6.07) is 21.0. The van der Waals surface area contributed by atoms with Crippen LogP contribution in [0.4, 0.5) is 0 Å². The molecule has 0 unspecified atom stereocenters. The van der Waals surface area contributed by atoms with Crippen LogP contribution in [-0.4, -0.2) is 44.1 Å². The summed E-state index contributed by atoms with van der Waals surface area (Å²) in [5.41, 5.74) is 4.42. The molecule has 3 aromatic carbocycles.